The van der Waals surface area contributed by atoms with E-state index in [0.717, 1.165) is 0 Å². The van der Waals surface area contributed by atoms with Gasteiger partial charge in [0, 0.05) is 0 Å². The zero-order valence-corrected chi connectivity index (χ0v) is 3.09. The van der Waals surface area contributed by atoms with Crippen molar-refractivity contribution >= 4 is 111 Å². The third kappa shape index (κ3) is 44.7. The van der Waals surface area contributed by atoms with E-state index in [1.54, 1.807) is 0 Å². The van der Waals surface area contributed by atoms with Gasteiger partial charge in [0.15, 0.2) is 0 Å². The first kappa shape index (κ1) is 16.8. The van der Waals surface area contributed by atoms with E-state index in [-0.39, 0.29) is 104 Å². The Morgan fingerprint density at radius 1 is 1.14 bits per heavy atom. The molecule has 0 saturated heterocycles. The molecule has 0 aromatic heterocycles. The Hall–Kier alpha value is 3.38. The summed E-state index contributed by atoms with van der Waals surface area (Å²) in [6, 6.07) is 0. The molecule has 0 fully saturated rings. The van der Waals surface area contributed by atoms with Crippen LogP contribution in [0.15, 0.2) is 0 Å². The van der Waals surface area contributed by atoms with E-state index < -0.39 is 7.82 Å². The molecule has 0 radical (unpaired) electrons. The third-order valence-corrected chi connectivity index (χ3v) is 0. The van der Waals surface area contributed by atoms with E-state index in [0.29, 0.717) is 0 Å². The summed E-state index contributed by atoms with van der Waals surface area (Å²) >= 11 is 0. The van der Waals surface area contributed by atoms with E-state index in [4.69, 9.17) is 19.2 Å². The summed E-state index contributed by atoms with van der Waals surface area (Å²) in [6.07, 6.45) is 0. The van der Waals surface area contributed by atoms with Crippen LogP contribution in [0.5, 0.6) is 0 Å². The van der Waals surface area contributed by atoms with E-state index in [1.165, 1.54) is 0 Å². The second-order valence-electron chi connectivity index (χ2n) is 0.513. The van der Waals surface area contributed by atoms with Gasteiger partial charge >= 0.3 is 112 Å². The van der Waals surface area contributed by atoms with Crippen LogP contribution in [0.25, 0.3) is 0 Å². The monoisotopic (exact) mass is 179 g/mol. The second-order valence-corrected chi connectivity index (χ2v) is 1.54. The maximum absolute atomic E-state index is 8.88. The van der Waals surface area contributed by atoms with Crippen molar-refractivity contribution in [1.29, 1.82) is 0 Å². The van der Waals surface area contributed by atoms with Crippen LogP contribution in [0.4, 0.5) is 0 Å². The summed E-state index contributed by atoms with van der Waals surface area (Å²) in [6.45, 7) is 0. The molecule has 0 aromatic rings. The molecular formula is H6K2O4P+. The zero-order valence-electron chi connectivity index (χ0n) is 3.20. The molecule has 0 aliphatic heterocycles. The van der Waals surface area contributed by atoms with Gasteiger partial charge < -0.3 is 14.7 Å². The number of phosphoric acid groups is 1. The average Bonchev–Trinajstić information content (AvgIpc) is 0.722. The van der Waals surface area contributed by atoms with E-state index >= 15 is 0 Å². The van der Waals surface area contributed by atoms with Crippen LogP contribution in [0.2, 0.25) is 0 Å². The van der Waals surface area contributed by atoms with Crippen LogP contribution >= 0.6 is 7.82 Å². The van der Waals surface area contributed by atoms with Gasteiger partial charge in [-0.15, -0.1) is 0 Å². The Balaban J connectivity index is -0.0000000267. The molecule has 0 atom stereocenters. The van der Waals surface area contributed by atoms with Crippen LogP contribution < -0.4 is 0 Å². The molecule has 0 bridgehead atoms. The molecule has 3 N–H and O–H groups in total. The van der Waals surface area contributed by atoms with E-state index in [2.05, 4.69) is 0 Å². The van der Waals surface area contributed by atoms with Gasteiger partial charge in [0.1, 0.15) is 0 Å². The average molecular weight is 179 g/mol. The first-order valence-electron chi connectivity index (χ1n) is 0.783. The molecule has 36 valence electrons. The van der Waals surface area contributed by atoms with Gasteiger partial charge in [0.25, 0.3) is 0 Å². The Bertz CT molecular complexity index is 60.2. The van der Waals surface area contributed by atoms with Crippen molar-refractivity contribution < 1.29 is 20.7 Å². The van der Waals surface area contributed by atoms with Crippen molar-refractivity contribution in [3.05, 3.63) is 0 Å². The standard InChI is InChI=1S/2K.H3O4P.2H/c;;1-5(2,3)4;;/h;;(H3,1,2,3,4);;/p+1. The Morgan fingerprint density at radius 3 is 1.14 bits per heavy atom. The SMILES string of the molecule is O=P(O)(O)O.[H+].[KH].[KH]. The summed E-state index contributed by atoms with van der Waals surface area (Å²) in [7, 11) is -4.64. The molecule has 0 aliphatic rings. The van der Waals surface area contributed by atoms with E-state index in [9.17, 15) is 0 Å². The predicted molar refractivity (Wildman–Crippen MR) is 29.7 cm³/mol. The zero-order chi connectivity index (χ0) is 4.50. The van der Waals surface area contributed by atoms with Crippen LogP contribution in [0, 0.1) is 0 Å². The summed E-state index contributed by atoms with van der Waals surface area (Å²) in [5, 5.41) is 0. The van der Waals surface area contributed by atoms with Gasteiger partial charge in [0.2, 0.25) is 0 Å². The molecule has 0 aromatic carbocycles. The minimum absolute atomic E-state index is 0. The van der Waals surface area contributed by atoms with Crippen LogP contribution in [0.3, 0.4) is 0 Å². The Morgan fingerprint density at radius 2 is 1.14 bits per heavy atom. The molecule has 0 spiro atoms. The molecule has 7 heteroatoms. The van der Waals surface area contributed by atoms with Gasteiger partial charge in [-0.3, -0.25) is 0 Å². The van der Waals surface area contributed by atoms with Crippen molar-refractivity contribution in [1.82, 2.24) is 0 Å². The number of hydrogen-bond acceptors (Lipinski definition) is 1. The summed E-state index contributed by atoms with van der Waals surface area (Å²) in [4.78, 5) is 21.6. The maximum atomic E-state index is 8.88. The molecule has 0 aliphatic carbocycles. The first-order chi connectivity index (χ1) is 2.00. The summed E-state index contributed by atoms with van der Waals surface area (Å²) < 4.78 is 8.88. The molecule has 0 unspecified atom stereocenters. The van der Waals surface area contributed by atoms with Crippen LogP contribution in [0.1, 0.15) is 1.43 Å². The fraction of sp³-hybridized carbons (Fsp3) is 0. The van der Waals surface area contributed by atoms with E-state index in [1.807, 2.05) is 0 Å². The molecule has 0 heterocycles. The predicted octanol–water partition coefficient (Wildman–Crippen LogP) is -2.11. The molecule has 7 heavy (non-hydrogen) atoms. The van der Waals surface area contributed by atoms with Gasteiger partial charge in [-0.25, -0.2) is 4.57 Å². The molecular weight excluding hydrogens is 173 g/mol. The van der Waals surface area contributed by atoms with Crippen LogP contribution in [-0.2, 0) is 4.57 Å². The minimum atomic E-state index is -4.64. The van der Waals surface area contributed by atoms with Crippen molar-refractivity contribution in [2.24, 2.45) is 0 Å². The normalized spacial score (nSPS) is 8.43. The van der Waals surface area contributed by atoms with Crippen molar-refractivity contribution in [2.45, 2.75) is 0 Å². The van der Waals surface area contributed by atoms with Crippen molar-refractivity contribution in [3.63, 3.8) is 0 Å². The van der Waals surface area contributed by atoms with Gasteiger partial charge in [-0.05, 0) is 0 Å². The molecule has 0 saturated carbocycles. The number of rotatable bonds is 0. The topological polar surface area (TPSA) is 77.8 Å². The quantitative estimate of drug-likeness (QED) is 0.294. The summed E-state index contributed by atoms with van der Waals surface area (Å²) in [5.74, 6) is 0. The Kier molecular flexibility index (Phi) is 17.9. The summed E-state index contributed by atoms with van der Waals surface area (Å²) in [5.41, 5.74) is 0. The van der Waals surface area contributed by atoms with Crippen LogP contribution in [-0.4, -0.2) is 117 Å². The fourth-order valence-electron chi connectivity index (χ4n) is 0. The Labute approximate surface area is 128 Å². The molecule has 4 nitrogen and oxygen atoms in total. The van der Waals surface area contributed by atoms with Gasteiger partial charge in [0.05, 0.1) is 0 Å². The second kappa shape index (κ2) is 7.49. The van der Waals surface area contributed by atoms with Crippen molar-refractivity contribution in [2.75, 3.05) is 0 Å². The third-order valence-electron chi connectivity index (χ3n) is 0. The van der Waals surface area contributed by atoms with Gasteiger partial charge in [-0.1, -0.05) is 0 Å². The molecule has 0 amide bonds. The molecule has 0 rings (SSSR count). The fourth-order valence-corrected chi connectivity index (χ4v) is 0. The first-order valence-corrected chi connectivity index (χ1v) is 2.35. The van der Waals surface area contributed by atoms with Gasteiger partial charge in [-0.2, -0.15) is 0 Å². The number of hydrogen-bond donors (Lipinski definition) is 3. The van der Waals surface area contributed by atoms with Crippen molar-refractivity contribution in [3.8, 4) is 0 Å².